The highest BCUT2D eigenvalue weighted by Gasteiger charge is 2.28. The molecule has 0 spiro atoms. The van der Waals surface area contributed by atoms with Crippen LogP contribution >= 0.6 is 0 Å². The van der Waals surface area contributed by atoms with E-state index in [0.29, 0.717) is 11.8 Å². The van der Waals surface area contributed by atoms with Gasteiger partial charge in [0.2, 0.25) is 0 Å². The summed E-state index contributed by atoms with van der Waals surface area (Å²) in [4.78, 5) is 4.89. The second-order valence-electron chi connectivity index (χ2n) is 10.4. The molecule has 3 aromatic rings. The van der Waals surface area contributed by atoms with Gasteiger partial charge in [-0.05, 0) is 83.1 Å². The Morgan fingerprint density at radius 2 is 1.86 bits per heavy atom. The Kier molecular flexibility index (Phi) is 6.71. The minimum atomic E-state index is 0. The van der Waals surface area contributed by atoms with Gasteiger partial charge >= 0.3 is 0 Å². The van der Waals surface area contributed by atoms with E-state index in [0.717, 1.165) is 25.1 Å². The third kappa shape index (κ3) is 4.13. The maximum absolute atomic E-state index is 4.89. The number of imidazole rings is 1. The molecular weight excluding hydrogens is 436 g/mol. The molecule has 0 fully saturated rings. The second-order valence-corrected chi connectivity index (χ2v) is 10.4. The quantitative estimate of drug-likeness (QED) is 0.282. The molecule has 2 nitrogen and oxygen atoms in total. The highest BCUT2D eigenvalue weighted by atomic mass is 15.1. The van der Waals surface area contributed by atoms with Crippen LogP contribution in [-0.2, 0) is 6.42 Å². The highest BCUT2D eigenvalue weighted by Crippen LogP contribution is 2.43. The zero-order valence-electron chi connectivity index (χ0n) is 21.1. The Hall–Kier alpha value is -3.39. The molecule has 0 saturated carbocycles. The Labute approximate surface area is 216 Å². The van der Waals surface area contributed by atoms with Crippen molar-refractivity contribution in [1.29, 1.82) is 0 Å². The van der Waals surface area contributed by atoms with E-state index in [1.807, 2.05) is 6.20 Å². The molecule has 1 heterocycles. The van der Waals surface area contributed by atoms with Gasteiger partial charge in [0.25, 0.3) is 0 Å². The van der Waals surface area contributed by atoms with Crippen LogP contribution in [0.4, 0.5) is 0 Å². The largest absolute Gasteiger partial charge is 0.300 e. The van der Waals surface area contributed by atoms with E-state index in [1.54, 1.807) is 0 Å². The molecule has 0 radical (unpaired) electrons. The summed E-state index contributed by atoms with van der Waals surface area (Å²) in [7, 11) is 0. The number of allylic oxidation sites excluding steroid dienone is 8. The Balaban J connectivity index is 0.00000267. The van der Waals surface area contributed by atoms with Crippen molar-refractivity contribution < 1.29 is 0 Å². The number of rotatable bonds is 5. The summed E-state index contributed by atoms with van der Waals surface area (Å²) in [6.07, 6.45) is 19.3. The van der Waals surface area contributed by atoms with Gasteiger partial charge in [0.1, 0.15) is 5.82 Å². The van der Waals surface area contributed by atoms with Gasteiger partial charge in [-0.1, -0.05) is 88.9 Å². The summed E-state index contributed by atoms with van der Waals surface area (Å²) in [5, 5.41) is 0. The SMILES string of the molecule is C.CCC1=C(n2ccnc2-c2ccc3c(c2)-c2ccccc2C3)C(C(C)C)=CC(C2=CCCC=C2)C1. The summed E-state index contributed by atoms with van der Waals surface area (Å²) in [6, 6.07) is 15.7. The lowest BCUT2D eigenvalue weighted by molar-refractivity contribution is 0.673. The van der Waals surface area contributed by atoms with Crippen molar-refractivity contribution in [1.82, 2.24) is 9.55 Å². The maximum atomic E-state index is 4.89. The minimum Gasteiger partial charge on any atom is -0.300 e. The number of aromatic nitrogens is 2. The monoisotopic (exact) mass is 474 g/mol. The first-order valence-corrected chi connectivity index (χ1v) is 13.2. The fourth-order valence-electron chi connectivity index (χ4n) is 6.09. The van der Waals surface area contributed by atoms with Crippen LogP contribution in [-0.4, -0.2) is 9.55 Å². The molecule has 0 saturated heterocycles. The van der Waals surface area contributed by atoms with E-state index in [1.165, 1.54) is 63.1 Å². The molecule has 0 N–H and O–H groups in total. The number of hydrogen-bond acceptors (Lipinski definition) is 1. The standard InChI is InChI=1S/C33H34N2.CH4/c1-4-23-18-28(24-10-6-5-7-11-24)21-30(22(2)3)32(23)35-17-16-34-33(35)27-15-14-26-19-25-12-8-9-13-29(25)31(26)20-27;/h6,8-17,20-22,28H,4-5,7,18-19H2,1-3H3;1H4. The van der Waals surface area contributed by atoms with Gasteiger partial charge in [0, 0.05) is 29.6 Å². The van der Waals surface area contributed by atoms with Crippen LogP contribution < -0.4 is 0 Å². The van der Waals surface area contributed by atoms with Crippen LogP contribution in [0.1, 0.15) is 65.0 Å². The van der Waals surface area contributed by atoms with Crippen molar-refractivity contribution in [2.45, 2.75) is 60.3 Å². The zero-order valence-corrected chi connectivity index (χ0v) is 21.1. The molecule has 1 atom stereocenters. The number of benzene rings is 2. The molecule has 36 heavy (non-hydrogen) atoms. The molecule has 0 bridgehead atoms. The molecule has 184 valence electrons. The van der Waals surface area contributed by atoms with Crippen LogP contribution in [0.25, 0.3) is 28.2 Å². The first-order chi connectivity index (χ1) is 17.1. The molecule has 3 aliphatic rings. The van der Waals surface area contributed by atoms with Crippen LogP contribution in [0.2, 0.25) is 0 Å². The van der Waals surface area contributed by atoms with Gasteiger partial charge in [-0.25, -0.2) is 4.98 Å². The minimum absolute atomic E-state index is 0. The summed E-state index contributed by atoms with van der Waals surface area (Å²) in [5.41, 5.74) is 12.6. The Morgan fingerprint density at radius 3 is 2.64 bits per heavy atom. The molecule has 3 aliphatic carbocycles. The summed E-state index contributed by atoms with van der Waals surface area (Å²) >= 11 is 0. The highest BCUT2D eigenvalue weighted by molar-refractivity contribution is 5.82. The predicted molar refractivity (Wildman–Crippen MR) is 154 cm³/mol. The Morgan fingerprint density at radius 1 is 1.03 bits per heavy atom. The van der Waals surface area contributed by atoms with Gasteiger partial charge in [0.15, 0.2) is 0 Å². The number of fused-ring (bicyclic) bond motifs is 3. The average molecular weight is 475 g/mol. The van der Waals surface area contributed by atoms with E-state index in [2.05, 4.69) is 98.3 Å². The van der Waals surface area contributed by atoms with E-state index in [9.17, 15) is 0 Å². The van der Waals surface area contributed by atoms with Gasteiger partial charge in [0.05, 0.1) is 0 Å². The fraction of sp³-hybridized carbons (Fsp3) is 0.324. The molecular formula is C34H38N2. The lowest BCUT2D eigenvalue weighted by Gasteiger charge is -2.31. The molecule has 6 rings (SSSR count). The molecule has 0 amide bonds. The maximum Gasteiger partial charge on any atom is 0.144 e. The summed E-state index contributed by atoms with van der Waals surface area (Å²) in [6.45, 7) is 6.97. The van der Waals surface area contributed by atoms with Gasteiger partial charge < -0.3 is 0 Å². The van der Waals surface area contributed by atoms with E-state index < -0.39 is 0 Å². The van der Waals surface area contributed by atoms with Crippen molar-refractivity contribution >= 4 is 5.70 Å². The van der Waals surface area contributed by atoms with Crippen molar-refractivity contribution in [3.05, 3.63) is 107 Å². The van der Waals surface area contributed by atoms with Crippen molar-refractivity contribution in [3.8, 4) is 22.5 Å². The number of nitrogens with zero attached hydrogens (tertiary/aromatic N) is 2. The smallest absolute Gasteiger partial charge is 0.144 e. The van der Waals surface area contributed by atoms with Gasteiger partial charge in [-0.3, -0.25) is 4.57 Å². The van der Waals surface area contributed by atoms with E-state index >= 15 is 0 Å². The lowest BCUT2D eigenvalue weighted by Crippen LogP contribution is -2.17. The number of hydrogen-bond donors (Lipinski definition) is 0. The molecule has 2 aromatic carbocycles. The van der Waals surface area contributed by atoms with Crippen LogP contribution in [0.5, 0.6) is 0 Å². The lowest BCUT2D eigenvalue weighted by atomic mass is 9.78. The van der Waals surface area contributed by atoms with Crippen molar-refractivity contribution in [3.63, 3.8) is 0 Å². The van der Waals surface area contributed by atoms with Crippen molar-refractivity contribution in [2.24, 2.45) is 11.8 Å². The molecule has 1 unspecified atom stereocenters. The van der Waals surface area contributed by atoms with Crippen LogP contribution in [0, 0.1) is 11.8 Å². The average Bonchev–Trinajstić information content (AvgIpc) is 3.52. The van der Waals surface area contributed by atoms with Gasteiger partial charge in [-0.2, -0.15) is 0 Å². The van der Waals surface area contributed by atoms with E-state index in [4.69, 9.17) is 4.98 Å². The fourth-order valence-corrected chi connectivity index (χ4v) is 6.09. The van der Waals surface area contributed by atoms with Crippen molar-refractivity contribution in [2.75, 3.05) is 0 Å². The molecule has 0 aliphatic heterocycles. The molecule has 1 aromatic heterocycles. The first-order valence-electron chi connectivity index (χ1n) is 13.2. The first kappa shape index (κ1) is 24.3. The third-order valence-electron chi connectivity index (χ3n) is 7.89. The zero-order chi connectivity index (χ0) is 23.9. The topological polar surface area (TPSA) is 17.8 Å². The molecule has 2 heteroatoms. The predicted octanol–water partition coefficient (Wildman–Crippen LogP) is 9.26. The van der Waals surface area contributed by atoms with Crippen LogP contribution in [0.15, 0.2) is 95.9 Å². The van der Waals surface area contributed by atoms with Gasteiger partial charge in [-0.15, -0.1) is 0 Å². The third-order valence-corrected chi connectivity index (χ3v) is 7.89. The van der Waals surface area contributed by atoms with E-state index in [-0.39, 0.29) is 7.43 Å². The van der Waals surface area contributed by atoms with Crippen LogP contribution in [0.3, 0.4) is 0 Å². The second kappa shape index (κ2) is 9.93. The summed E-state index contributed by atoms with van der Waals surface area (Å²) in [5.74, 6) is 1.97. The normalized spacial score (nSPS) is 18.5. The Bertz CT molecular complexity index is 1410. The summed E-state index contributed by atoms with van der Waals surface area (Å²) < 4.78 is 2.37.